The van der Waals surface area contributed by atoms with Crippen molar-refractivity contribution in [2.45, 2.75) is 25.8 Å². The Morgan fingerprint density at radius 1 is 0.967 bits per heavy atom. The van der Waals surface area contributed by atoms with Gasteiger partial charge in [0.25, 0.3) is 0 Å². The number of carbonyl (C=O) groups excluding carboxylic acids is 1. The summed E-state index contributed by atoms with van der Waals surface area (Å²) < 4.78 is 0. The number of hydrogen-bond donors (Lipinski definition) is 0. The predicted molar refractivity (Wildman–Crippen MR) is 117 cm³/mol. The topological polar surface area (TPSA) is 62.2 Å². The summed E-state index contributed by atoms with van der Waals surface area (Å²) in [6, 6.07) is 6.35. The number of aromatic nitrogens is 3. The van der Waals surface area contributed by atoms with E-state index in [1.165, 1.54) is 5.56 Å². The molecule has 0 amide bonds. The number of nitrogens with zero attached hydrogens (tertiary/aromatic N) is 5. The maximum Gasteiger partial charge on any atom is 0.141 e. The average Bonchev–Trinajstić information content (AvgIpc) is 3.61. The molecule has 154 valence electrons. The van der Waals surface area contributed by atoms with Gasteiger partial charge in [-0.2, -0.15) is 0 Å². The molecular formula is C24H27N5O. The van der Waals surface area contributed by atoms with Crippen molar-refractivity contribution >= 4 is 16.7 Å². The maximum absolute atomic E-state index is 12.1. The lowest BCUT2D eigenvalue weighted by atomic mass is 10.0. The van der Waals surface area contributed by atoms with Crippen LogP contribution >= 0.6 is 0 Å². The number of fused-ring (bicyclic) bond motifs is 1. The molecule has 1 aliphatic carbocycles. The summed E-state index contributed by atoms with van der Waals surface area (Å²) >= 11 is 0. The number of piperazine rings is 1. The third-order valence-electron chi connectivity index (χ3n) is 6.14. The smallest absolute Gasteiger partial charge is 0.141 e. The van der Waals surface area contributed by atoms with E-state index in [4.69, 9.17) is 0 Å². The molecule has 0 N–H and O–H groups in total. The molecule has 0 atom stereocenters. The van der Waals surface area contributed by atoms with Gasteiger partial charge in [-0.25, -0.2) is 0 Å². The van der Waals surface area contributed by atoms with Gasteiger partial charge in [0, 0.05) is 85.9 Å². The van der Waals surface area contributed by atoms with Crippen molar-refractivity contribution < 1.29 is 4.79 Å². The summed E-state index contributed by atoms with van der Waals surface area (Å²) in [5.41, 5.74) is 5.02. The molecule has 30 heavy (non-hydrogen) atoms. The summed E-state index contributed by atoms with van der Waals surface area (Å²) in [4.78, 5) is 30.5. The second-order valence-corrected chi connectivity index (χ2v) is 8.67. The molecule has 6 heteroatoms. The van der Waals surface area contributed by atoms with E-state index in [2.05, 4.69) is 43.9 Å². The SMILES string of the molecule is CN1CCN(Cc2cncc(-c3cnc4cnc(CC(=O)C5CC5)cc4c3)c2)CC1. The van der Waals surface area contributed by atoms with Crippen molar-refractivity contribution in [2.75, 3.05) is 33.2 Å². The molecule has 0 bridgehead atoms. The molecular weight excluding hydrogens is 374 g/mol. The number of likely N-dealkylation sites (N-methyl/N-ethyl adjacent to an activating group) is 1. The fourth-order valence-corrected chi connectivity index (χ4v) is 4.06. The average molecular weight is 402 g/mol. The Bertz CT molecular complexity index is 1070. The minimum absolute atomic E-state index is 0.265. The Kier molecular flexibility index (Phi) is 5.27. The van der Waals surface area contributed by atoms with Gasteiger partial charge >= 0.3 is 0 Å². The van der Waals surface area contributed by atoms with E-state index in [1.807, 2.05) is 24.7 Å². The van der Waals surface area contributed by atoms with Crippen LogP contribution in [0.5, 0.6) is 0 Å². The van der Waals surface area contributed by atoms with Crippen LogP contribution in [0.1, 0.15) is 24.1 Å². The highest BCUT2D eigenvalue weighted by atomic mass is 16.1. The molecule has 0 spiro atoms. The van der Waals surface area contributed by atoms with Crippen LogP contribution in [0.25, 0.3) is 22.0 Å². The number of rotatable bonds is 6. The standard InChI is InChI=1S/C24H27N5O/c1-28-4-6-29(7-5-28)16-17-8-20(13-25-12-17)21-9-19-10-22(11-24(30)18-2-3-18)26-15-23(19)27-14-21/h8-10,12-15,18H,2-7,11,16H2,1H3. The lowest BCUT2D eigenvalue weighted by molar-refractivity contribution is -0.119. The third-order valence-corrected chi connectivity index (χ3v) is 6.14. The van der Waals surface area contributed by atoms with Gasteiger partial charge < -0.3 is 4.90 Å². The number of pyridine rings is 3. The van der Waals surface area contributed by atoms with Crippen molar-refractivity contribution in [1.29, 1.82) is 0 Å². The van der Waals surface area contributed by atoms with E-state index in [0.717, 1.165) is 73.3 Å². The Morgan fingerprint density at radius 2 is 1.77 bits per heavy atom. The fourth-order valence-electron chi connectivity index (χ4n) is 4.06. The van der Waals surface area contributed by atoms with Crippen LogP contribution in [-0.4, -0.2) is 63.8 Å². The molecule has 0 aromatic carbocycles. The molecule has 4 heterocycles. The van der Waals surface area contributed by atoms with Gasteiger partial charge in [-0.15, -0.1) is 0 Å². The van der Waals surface area contributed by atoms with E-state index >= 15 is 0 Å². The number of ketones is 1. The summed E-state index contributed by atoms with van der Waals surface area (Å²) in [7, 11) is 2.18. The van der Waals surface area contributed by atoms with Crippen LogP contribution in [0, 0.1) is 5.92 Å². The quantitative estimate of drug-likeness (QED) is 0.633. The third kappa shape index (κ3) is 4.40. The predicted octanol–water partition coefficient (Wildman–Crippen LogP) is 2.96. The Hall–Kier alpha value is -2.70. The maximum atomic E-state index is 12.1. The largest absolute Gasteiger partial charge is 0.304 e. The van der Waals surface area contributed by atoms with E-state index in [0.29, 0.717) is 12.2 Å². The highest BCUT2D eigenvalue weighted by molar-refractivity contribution is 5.87. The molecule has 1 aliphatic heterocycles. The first kappa shape index (κ1) is 19.3. The monoisotopic (exact) mass is 401 g/mol. The van der Waals surface area contributed by atoms with Crippen LogP contribution in [0.15, 0.2) is 43.0 Å². The zero-order valence-electron chi connectivity index (χ0n) is 17.4. The van der Waals surface area contributed by atoms with Gasteiger partial charge in [-0.1, -0.05) is 0 Å². The molecule has 2 fully saturated rings. The molecule has 3 aromatic heterocycles. The molecule has 3 aromatic rings. The van der Waals surface area contributed by atoms with Gasteiger partial charge in [0.05, 0.1) is 11.7 Å². The van der Waals surface area contributed by atoms with E-state index in [9.17, 15) is 4.79 Å². The minimum atomic E-state index is 0.265. The highest BCUT2D eigenvalue weighted by Crippen LogP contribution is 2.31. The molecule has 5 rings (SSSR count). The lowest BCUT2D eigenvalue weighted by Crippen LogP contribution is -2.43. The van der Waals surface area contributed by atoms with E-state index in [1.54, 1.807) is 6.20 Å². The fraction of sp³-hybridized carbons (Fsp3) is 0.417. The summed E-state index contributed by atoms with van der Waals surface area (Å²) in [5, 5.41) is 1.02. The Labute approximate surface area is 177 Å². The highest BCUT2D eigenvalue weighted by Gasteiger charge is 2.29. The number of carbonyl (C=O) groups is 1. The number of hydrogen-bond acceptors (Lipinski definition) is 6. The van der Waals surface area contributed by atoms with Crippen LogP contribution in [-0.2, 0) is 17.8 Å². The first-order valence-corrected chi connectivity index (χ1v) is 10.8. The number of Topliss-reactive ketones (excluding diaryl/α,β-unsaturated/α-hetero) is 1. The van der Waals surface area contributed by atoms with Gasteiger partial charge in [0.2, 0.25) is 0 Å². The van der Waals surface area contributed by atoms with Crippen molar-refractivity contribution in [3.8, 4) is 11.1 Å². The van der Waals surface area contributed by atoms with Crippen molar-refractivity contribution in [2.24, 2.45) is 5.92 Å². The normalized spacial score (nSPS) is 18.0. The van der Waals surface area contributed by atoms with Gasteiger partial charge in [-0.3, -0.25) is 24.6 Å². The van der Waals surface area contributed by atoms with Crippen molar-refractivity contribution in [3.63, 3.8) is 0 Å². The Balaban J connectivity index is 1.36. The van der Waals surface area contributed by atoms with E-state index in [-0.39, 0.29) is 5.92 Å². The molecule has 2 aliphatic rings. The zero-order valence-corrected chi connectivity index (χ0v) is 17.4. The second-order valence-electron chi connectivity index (χ2n) is 8.67. The van der Waals surface area contributed by atoms with Crippen molar-refractivity contribution in [1.82, 2.24) is 24.8 Å². The van der Waals surface area contributed by atoms with Crippen LogP contribution in [0.2, 0.25) is 0 Å². The molecule has 6 nitrogen and oxygen atoms in total. The molecule has 1 saturated heterocycles. The summed E-state index contributed by atoms with van der Waals surface area (Å²) in [6.45, 7) is 5.33. The molecule has 1 saturated carbocycles. The van der Waals surface area contributed by atoms with Crippen LogP contribution in [0.3, 0.4) is 0 Å². The van der Waals surface area contributed by atoms with Gasteiger partial charge in [0.1, 0.15) is 5.78 Å². The van der Waals surface area contributed by atoms with Crippen LogP contribution < -0.4 is 0 Å². The zero-order chi connectivity index (χ0) is 20.5. The molecule has 0 unspecified atom stereocenters. The minimum Gasteiger partial charge on any atom is -0.304 e. The summed E-state index contributed by atoms with van der Waals surface area (Å²) in [5.74, 6) is 0.577. The van der Waals surface area contributed by atoms with E-state index < -0.39 is 0 Å². The second kappa shape index (κ2) is 8.20. The Morgan fingerprint density at radius 3 is 2.57 bits per heavy atom. The van der Waals surface area contributed by atoms with Gasteiger partial charge in [-0.05, 0) is 43.7 Å². The lowest BCUT2D eigenvalue weighted by Gasteiger charge is -2.32. The van der Waals surface area contributed by atoms with Crippen LogP contribution in [0.4, 0.5) is 0 Å². The summed E-state index contributed by atoms with van der Waals surface area (Å²) in [6.07, 6.45) is 10.0. The van der Waals surface area contributed by atoms with Gasteiger partial charge in [0.15, 0.2) is 0 Å². The first-order valence-electron chi connectivity index (χ1n) is 10.8. The first-order chi connectivity index (χ1) is 14.6. The molecule has 0 radical (unpaired) electrons. The van der Waals surface area contributed by atoms with Crippen molar-refractivity contribution in [3.05, 3.63) is 54.2 Å².